The van der Waals surface area contributed by atoms with Crippen molar-refractivity contribution in [2.24, 2.45) is 0 Å². The fraction of sp³-hybridized carbons (Fsp3) is 1.00. The molecule has 2 unspecified atom stereocenters. The van der Waals surface area contributed by atoms with Crippen molar-refractivity contribution in [1.82, 2.24) is 0 Å². The van der Waals surface area contributed by atoms with Crippen molar-refractivity contribution in [3.05, 3.63) is 0 Å². The molecule has 0 rings (SSSR count). The molecule has 0 aromatic heterocycles. The second kappa shape index (κ2) is 18.9. The standard InChI is InChI=1S/C23H48O4S/c1-3-5-7-9-10-12-16-20-23(28(25,26)27)21-17-13-15-19-22(24)18-14-11-8-6-4-2/h22-24H,3-21H2,1-2H3,(H,25,26,27). The van der Waals surface area contributed by atoms with Crippen molar-refractivity contribution in [2.45, 2.75) is 147 Å². The maximum atomic E-state index is 11.6. The van der Waals surface area contributed by atoms with Crippen LogP contribution in [-0.4, -0.2) is 29.4 Å². The van der Waals surface area contributed by atoms with E-state index in [1.165, 1.54) is 51.4 Å². The number of unbranched alkanes of at least 4 members (excludes halogenated alkanes) is 12. The maximum Gasteiger partial charge on any atom is 0.267 e. The fourth-order valence-corrected chi connectivity index (χ4v) is 4.76. The molecule has 28 heavy (non-hydrogen) atoms. The third-order valence-corrected chi connectivity index (χ3v) is 7.07. The molecule has 0 heterocycles. The van der Waals surface area contributed by atoms with E-state index >= 15 is 0 Å². The second-order valence-electron chi connectivity index (χ2n) is 8.54. The van der Waals surface area contributed by atoms with Crippen LogP contribution in [0.4, 0.5) is 0 Å². The zero-order valence-electron chi connectivity index (χ0n) is 18.7. The highest BCUT2D eigenvalue weighted by Gasteiger charge is 2.21. The minimum Gasteiger partial charge on any atom is -0.393 e. The fourth-order valence-electron chi connectivity index (χ4n) is 3.83. The van der Waals surface area contributed by atoms with E-state index in [-0.39, 0.29) is 6.10 Å². The van der Waals surface area contributed by atoms with Crippen molar-refractivity contribution in [2.75, 3.05) is 0 Å². The molecule has 4 nitrogen and oxygen atoms in total. The summed E-state index contributed by atoms with van der Waals surface area (Å²) in [5, 5.41) is 9.42. The average molecular weight is 421 g/mol. The van der Waals surface area contributed by atoms with Crippen LogP contribution in [0.25, 0.3) is 0 Å². The van der Waals surface area contributed by atoms with E-state index in [1.54, 1.807) is 0 Å². The van der Waals surface area contributed by atoms with Gasteiger partial charge in [-0.3, -0.25) is 4.55 Å². The maximum absolute atomic E-state index is 11.6. The zero-order valence-corrected chi connectivity index (χ0v) is 19.5. The monoisotopic (exact) mass is 420 g/mol. The first-order chi connectivity index (χ1) is 13.4. The number of aliphatic hydroxyl groups excluding tert-OH is 1. The summed E-state index contributed by atoms with van der Waals surface area (Å²) in [6.07, 6.45) is 19.5. The minimum atomic E-state index is -3.94. The molecule has 170 valence electrons. The predicted octanol–water partition coefficient (Wildman–Crippen LogP) is 7.06. The first-order valence-corrected chi connectivity index (χ1v) is 13.6. The van der Waals surface area contributed by atoms with Gasteiger partial charge in [0.25, 0.3) is 10.1 Å². The average Bonchev–Trinajstić information content (AvgIpc) is 2.64. The van der Waals surface area contributed by atoms with Crippen LogP contribution in [0.1, 0.15) is 136 Å². The molecule has 0 bridgehead atoms. The molecule has 0 saturated heterocycles. The number of aliphatic hydroxyl groups is 1. The van der Waals surface area contributed by atoms with Crippen molar-refractivity contribution in [3.8, 4) is 0 Å². The molecule has 0 fully saturated rings. The van der Waals surface area contributed by atoms with Crippen molar-refractivity contribution in [3.63, 3.8) is 0 Å². The van der Waals surface area contributed by atoms with E-state index in [0.717, 1.165) is 57.8 Å². The van der Waals surface area contributed by atoms with Crippen LogP contribution in [0.15, 0.2) is 0 Å². The van der Waals surface area contributed by atoms with Crippen molar-refractivity contribution in [1.29, 1.82) is 0 Å². The van der Waals surface area contributed by atoms with Crippen molar-refractivity contribution >= 4 is 10.1 Å². The van der Waals surface area contributed by atoms with Gasteiger partial charge in [0.15, 0.2) is 0 Å². The van der Waals surface area contributed by atoms with E-state index in [4.69, 9.17) is 0 Å². The SMILES string of the molecule is CCCCCCCCCC(CCCCCC(O)CCCCCCC)S(=O)(=O)O. The molecule has 0 amide bonds. The lowest BCUT2D eigenvalue weighted by Gasteiger charge is -2.14. The molecule has 0 aliphatic rings. The number of rotatable bonds is 21. The molecule has 5 heteroatoms. The molecule has 0 radical (unpaired) electrons. The lowest BCUT2D eigenvalue weighted by atomic mass is 10.0. The Balaban J connectivity index is 3.78. The van der Waals surface area contributed by atoms with Gasteiger partial charge in [0, 0.05) is 0 Å². The molecule has 0 saturated carbocycles. The Morgan fingerprint density at radius 2 is 0.893 bits per heavy atom. The summed E-state index contributed by atoms with van der Waals surface area (Å²) >= 11 is 0. The molecular formula is C23H48O4S. The van der Waals surface area contributed by atoms with Gasteiger partial charge in [0.05, 0.1) is 11.4 Å². The van der Waals surface area contributed by atoms with Gasteiger partial charge in [-0.25, -0.2) is 0 Å². The zero-order chi connectivity index (χ0) is 21.1. The van der Waals surface area contributed by atoms with E-state index in [2.05, 4.69) is 13.8 Å². The van der Waals surface area contributed by atoms with Gasteiger partial charge >= 0.3 is 0 Å². The normalized spacial score (nSPS) is 14.3. The van der Waals surface area contributed by atoms with Gasteiger partial charge < -0.3 is 5.11 Å². The quantitative estimate of drug-likeness (QED) is 0.154. The summed E-state index contributed by atoms with van der Waals surface area (Å²) < 4.78 is 32.7. The van der Waals surface area contributed by atoms with Gasteiger partial charge in [0.1, 0.15) is 0 Å². The lowest BCUT2D eigenvalue weighted by Crippen LogP contribution is -2.20. The Morgan fingerprint density at radius 1 is 0.571 bits per heavy atom. The van der Waals surface area contributed by atoms with Crippen LogP contribution in [-0.2, 0) is 10.1 Å². The molecule has 0 aromatic carbocycles. The highest BCUT2D eigenvalue weighted by molar-refractivity contribution is 7.86. The van der Waals surface area contributed by atoms with E-state index < -0.39 is 15.4 Å². The van der Waals surface area contributed by atoms with Crippen LogP contribution in [0.5, 0.6) is 0 Å². The Labute approximate surface area is 175 Å². The summed E-state index contributed by atoms with van der Waals surface area (Å²) in [6.45, 7) is 4.40. The highest BCUT2D eigenvalue weighted by atomic mass is 32.2. The molecule has 2 N–H and O–H groups in total. The van der Waals surface area contributed by atoms with Gasteiger partial charge in [0.2, 0.25) is 0 Å². The van der Waals surface area contributed by atoms with Crippen LogP contribution in [0.2, 0.25) is 0 Å². The third kappa shape index (κ3) is 17.9. The predicted molar refractivity (Wildman–Crippen MR) is 120 cm³/mol. The van der Waals surface area contributed by atoms with Crippen molar-refractivity contribution < 1.29 is 18.1 Å². The summed E-state index contributed by atoms with van der Waals surface area (Å²) in [6, 6.07) is 0. The van der Waals surface area contributed by atoms with E-state index in [0.29, 0.717) is 12.8 Å². The molecule has 0 aliphatic heterocycles. The molecular weight excluding hydrogens is 372 g/mol. The largest absolute Gasteiger partial charge is 0.393 e. The Kier molecular flexibility index (Phi) is 18.8. The second-order valence-corrected chi connectivity index (χ2v) is 10.2. The van der Waals surface area contributed by atoms with Crippen LogP contribution in [0.3, 0.4) is 0 Å². The third-order valence-electron chi connectivity index (χ3n) is 5.76. The lowest BCUT2D eigenvalue weighted by molar-refractivity contribution is 0.147. The molecule has 2 atom stereocenters. The summed E-state index contributed by atoms with van der Waals surface area (Å²) in [4.78, 5) is 0. The first kappa shape index (κ1) is 27.9. The molecule has 0 aliphatic carbocycles. The number of hydrogen-bond acceptors (Lipinski definition) is 3. The van der Waals surface area contributed by atoms with Gasteiger partial charge in [-0.15, -0.1) is 0 Å². The van der Waals surface area contributed by atoms with Gasteiger partial charge in [-0.2, -0.15) is 8.42 Å². The van der Waals surface area contributed by atoms with Crippen LogP contribution in [0, 0.1) is 0 Å². The molecule has 0 spiro atoms. The van der Waals surface area contributed by atoms with E-state index in [1.807, 2.05) is 0 Å². The molecule has 0 aromatic rings. The minimum absolute atomic E-state index is 0.216. The Hall–Kier alpha value is -0.130. The van der Waals surface area contributed by atoms with Crippen LogP contribution < -0.4 is 0 Å². The number of hydrogen-bond donors (Lipinski definition) is 2. The van der Waals surface area contributed by atoms with Gasteiger partial charge in [-0.1, -0.05) is 110 Å². The summed E-state index contributed by atoms with van der Waals surface area (Å²) in [5.41, 5.74) is 0. The highest BCUT2D eigenvalue weighted by Crippen LogP contribution is 2.19. The Morgan fingerprint density at radius 3 is 1.29 bits per heavy atom. The smallest absolute Gasteiger partial charge is 0.267 e. The van der Waals surface area contributed by atoms with Crippen LogP contribution >= 0.6 is 0 Å². The first-order valence-electron chi connectivity index (χ1n) is 12.1. The van der Waals surface area contributed by atoms with E-state index in [9.17, 15) is 18.1 Å². The van der Waals surface area contributed by atoms with Gasteiger partial charge in [-0.05, 0) is 25.7 Å². The topological polar surface area (TPSA) is 74.6 Å². The Bertz CT molecular complexity index is 422. The summed E-state index contributed by atoms with van der Waals surface area (Å²) in [5.74, 6) is 0. The summed E-state index contributed by atoms with van der Waals surface area (Å²) in [7, 11) is -3.94.